The first kappa shape index (κ1) is 13.4. The second-order valence-corrected chi connectivity index (χ2v) is 4.64. The molecule has 0 aliphatic rings. The SMILES string of the molecule is CCN(Cc1ccccc1C)C(=O)c1ccoc1C. The van der Waals surface area contributed by atoms with Gasteiger partial charge in [-0.15, -0.1) is 0 Å². The Labute approximate surface area is 113 Å². The number of hydrogen-bond acceptors (Lipinski definition) is 2. The summed E-state index contributed by atoms with van der Waals surface area (Å²) < 4.78 is 5.21. The van der Waals surface area contributed by atoms with Crippen LogP contribution in [0.2, 0.25) is 0 Å². The molecule has 1 amide bonds. The highest BCUT2D eigenvalue weighted by atomic mass is 16.3. The van der Waals surface area contributed by atoms with Gasteiger partial charge in [0.05, 0.1) is 11.8 Å². The molecule has 0 aliphatic carbocycles. The van der Waals surface area contributed by atoms with Crippen LogP contribution in [-0.4, -0.2) is 17.4 Å². The lowest BCUT2D eigenvalue weighted by Crippen LogP contribution is -2.30. The molecule has 0 unspecified atom stereocenters. The van der Waals surface area contributed by atoms with Gasteiger partial charge in [-0.2, -0.15) is 0 Å². The number of aryl methyl sites for hydroxylation is 2. The molecule has 0 spiro atoms. The fraction of sp³-hybridized carbons (Fsp3) is 0.312. The van der Waals surface area contributed by atoms with Gasteiger partial charge in [0.2, 0.25) is 0 Å². The molecule has 0 N–H and O–H groups in total. The average Bonchev–Trinajstić information content (AvgIpc) is 2.83. The molecule has 3 nitrogen and oxygen atoms in total. The minimum absolute atomic E-state index is 0.0250. The Bertz CT molecular complexity index is 572. The van der Waals surface area contributed by atoms with Crippen LogP contribution in [0, 0.1) is 13.8 Å². The van der Waals surface area contributed by atoms with Crippen LogP contribution in [0.4, 0.5) is 0 Å². The Kier molecular flexibility index (Phi) is 4.05. The Balaban J connectivity index is 2.20. The standard InChI is InChI=1S/C16H19NO2/c1-4-17(11-14-8-6-5-7-12(14)2)16(18)15-9-10-19-13(15)3/h5-10H,4,11H2,1-3H3. The molecular weight excluding hydrogens is 238 g/mol. The predicted octanol–water partition coefficient (Wildman–Crippen LogP) is 3.56. The first-order valence-corrected chi connectivity index (χ1v) is 6.51. The maximum absolute atomic E-state index is 12.4. The summed E-state index contributed by atoms with van der Waals surface area (Å²) in [6, 6.07) is 9.88. The first-order chi connectivity index (χ1) is 9.13. The van der Waals surface area contributed by atoms with Gasteiger partial charge in [0.1, 0.15) is 5.76 Å². The van der Waals surface area contributed by atoms with Crippen molar-refractivity contribution in [3.63, 3.8) is 0 Å². The number of benzene rings is 1. The quantitative estimate of drug-likeness (QED) is 0.839. The van der Waals surface area contributed by atoms with Crippen LogP contribution in [0.25, 0.3) is 0 Å². The molecule has 0 saturated heterocycles. The molecular formula is C16H19NO2. The van der Waals surface area contributed by atoms with Gasteiger partial charge < -0.3 is 9.32 Å². The maximum Gasteiger partial charge on any atom is 0.257 e. The van der Waals surface area contributed by atoms with E-state index in [-0.39, 0.29) is 5.91 Å². The van der Waals surface area contributed by atoms with Crippen molar-refractivity contribution in [1.29, 1.82) is 0 Å². The highest BCUT2D eigenvalue weighted by Crippen LogP contribution is 2.16. The van der Waals surface area contributed by atoms with Gasteiger partial charge in [-0.05, 0) is 38.0 Å². The number of rotatable bonds is 4. The van der Waals surface area contributed by atoms with Gasteiger partial charge in [0, 0.05) is 13.1 Å². The zero-order valence-electron chi connectivity index (χ0n) is 11.6. The lowest BCUT2D eigenvalue weighted by molar-refractivity contribution is 0.0750. The van der Waals surface area contributed by atoms with E-state index in [1.807, 2.05) is 30.9 Å². The normalized spacial score (nSPS) is 10.5. The van der Waals surface area contributed by atoms with E-state index in [2.05, 4.69) is 19.1 Å². The summed E-state index contributed by atoms with van der Waals surface area (Å²) in [5, 5.41) is 0. The summed E-state index contributed by atoms with van der Waals surface area (Å²) >= 11 is 0. The molecule has 0 radical (unpaired) electrons. The number of carbonyl (C=O) groups is 1. The molecule has 3 heteroatoms. The lowest BCUT2D eigenvalue weighted by Gasteiger charge is -2.21. The number of carbonyl (C=O) groups excluding carboxylic acids is 1. The fourth-order valence-electron chi connectivity index (χ4n) is 2.10. The van der Waals surface area contributed by atoms with E-state index >= 15 is 0 Å². The van der Waals surface area contributed by atoms with Gasteiger partial charge in [-0.25, -0.2) is 0 Å². The second-order valence-electron chi connectivity index (χ2n) is 4.64. The van der Waals surface area contributed by atoms with E-state index in [9.17, 15) is 4.79 Å². The summed E-state index contributed by atoms with van der Waals surface area (Å²) in [6.07, 6.45) is 1.56. The van der Waals surface area contributed by atoms with Crippen molar-refractivity contribution < 1.29 is 9.21 Å². The summed E-state index contributed by atoms with van der Waals surface area (Å²) in [6.45, 7) is 7.18. The van der Waals surface area contributed by atoms with Gasteiger partial charge in [-0.3, -0.25) is 4.79 Å². The van der Waals surface area contributed by atoms with Crippen LogP contribution in [-0.2, 0) is 6.54 Å². The molecule has 19 heavy (non-hydrogen) atoms. The summed E-state index contributed by atoms with van der Waals surface area (Å²) in [5.41, 5.74) is 3.03. The van der Waals surface area contributed by atoms with E-state index in [4.69, 9.17) is 4.42 Å². The van der Waals surface area contributed by atoms with Gasteiger partial charge >= 0.3 is 0 Å². The molecule has 0 aliphatic heterocycles. The lowest BCUT2D eigenvalue weighted by atomic mass is 10.1. The van der Waals surface area contributed by atoms with Crippen LogP contribution in [0.5, 0.6) is 0 Å². The van der Waals surface area contributed by atoms with Crippen LogP contribution >= 0.6 is 0 Å². The topological polar surface area (TPSA) is 33.5 Å². The van der Waals surface area contributed by atoms with E-state index in [1.54, 1.807) is 12.3 Å². The third kappa shape index (κ3) is 2.87. The Morgan fingerprint density at radius 2 is 1.95 bits per heavy atom. The largest absolute Gasteiger partial charge is 0.469 e. The van der Waals surface area contributed by atoms with Crippen molar-refractivity contribution in [2.45, 2.75) is 27.3 Å². The molecule has 1 heterocycles. The van der Waals surface area contributed by atoms with Gasteiger partial charge in [-0.1, -0.05) is 24.3 Å². The van der Waals surface area contributed by atoms with E-state index in [1.165, 1.54) is 11.1 Å². The van der Waals surface area contributed by atoms with Gasteiger partial charge in [0.15, 0.2) is 0 Å². The van der Waals surface area contributed by atoms with E-state index in [0.29, 0.717) is 24.4 Å². The molecule has 0 bridgehead atoms. The van der Waals surface area contributed by atoms with Crippen LogP contribution in [0.15, 0.2) is 41.0 Å². The highest BCUT2D eigenvalue weighted by Gasteiger charge is 2.18. The van der Waals surface area contributed by atoms with E-state index < -0.39 is 0 Å². The Hall–Kier alpha value is -2.03. The molecule has 1 aromatic heterocycles. The fourth-order valence-corrected chi connectivity index (χ4v) is 2.10. The van der Waals surface area contributed by atoms with Crippen molar-refractivity contribution in [3.05, 3.63) is 59.0 Å². The first-order valence-electron chi connectivity index (χ1n) is 6.51. The van der Waals surface area contributed by atoms with Crippen LogP contribution in [0.3, 0.4) is 0 Å². The van der Waals surface area contributed by atoms with Crippen molar-refractivity contribution in [2.75, 3.05) is 6.54 Å². The molecule has 0 fully saturated rings. The molecule has 1 aromatic carbocycles. The number of amides is 1. The third-order valence-corrected chi connectivity index (χ3v) is 3.38. The van der Waals surface area contributed by atoms with E-state index in [0.717, 1.165) is 0 Å². The van der Waals surface area contributed by atoms with Gasteiger partial charge in [0.25, 0.3) is 5.91 Å². The van der Waals surface area contributed by atoms with Crippen LogP contribution in [0.1, 0.15) is 34.2 Å². The van der Waals surface area contributed by atoms with Crippen molar-refractivity contribution in [3.8, 4) is 0 Å². The third-order valence-electron chi connectivity index (χ3n) is 3.38. The molecule has 2 aromatic rings. The summed E-state index contributed by atoms with van der Waals surface area (Å²) in [4.78, 5) is 14.3. The minimum atomic E-state index is 0.0250. The van der Waals surface area contributed by atoms with Crippen LogP contribution < -0.4 is 0 Å². The Morgan fingerprint density at radius 3 is 2.53 bits per heavy atom. The second kappa shape index (κ2) is 5.74. The molecule has 0 atom stereocenters. The number of nitrogens with zero attached hydrogens (tertiary/aromatic N) is 1. The zero-order valence-corrected chi connectivity index (χ0v) is 11.6. The smallest absolute Gasteiger partial charge is 0.257 e. The summed E-state index contributed by atoms with van der Waals surface area (Å²) in [7, 11) is 0. The number of hydrogen-bond donors (Lipinski definition) is 0. The molecule has 100 valence electrons. The predicted molar refractivity (Wildman–Crippen MR) is 75.0 cm³/mol. The monoisotopic (exact) mass is 257 g/mol. The molecule has 2 rings (SSSR count). The van der Waals surface area contributed by atoms with Crippen molar-refractivity contribution >= 4 is 5.91 Å². The highest BCUT2D eigenvalue weighted by molar-refractivity contribution is 5.95. The minimum Gasteiger partial charge on any atom is -0.469 e. The number of furan rings is 1. The van der Waals surface area contributed by atoms with Crippen molar-refractivity contribution in [1.82, 2.24) is 4.90 Å². The maximum atomic E-state index is 12.4. The Morgan fingerprint density at radius 1 is 1.21 bits per heavy atom. The summed E-state index contributed by atoms with van der Waals surface area (Å²) in [5.74, 6) is 0.699. The molecule has 0 saturated carbocycles. The average molecular weight is 257 g/mol. The van der Waals surface area contributed by atoms with Crippen molar-refractivity contribution in [2.24, 2.45) is 0 Å². The zero-order chi connectivity index (χ0) is 13.8.